The lowest BCUT2D eigenvalue weighted by Gasteiger charge is -2.19. The van der Waals surface area contributed by atoms with Crippen LogP contribution in [0, 0.1) is 6.92 Å². The van der Waals surface area contributed by atoms with Crippen molar-refractivity contribution in [2.75, 3.05) is 28.4 Å². The number of methoxy groups -OCH3 is 4. The zero-order chi connectivity index (χ0) is 21.7. The van der Waals surface area contributed by atoms with Gasteiger partial charge in [0.05, 0.1) is 42.1 Å². The molecule has 0 saturated carbocycles. The first kappa shape index (κ1) is 15.6. The summed E-state index contributed by atoms with van der Waals surface area (Å²) in [5.41, 5.74) is 3.67. The lowest BCUT2D eigenvalue weighted by Crippen LogP contribution is -2.04. The van der Waals surface area contributed by atoms with Crippen molar-refractivity contribution in [3.8, 4) is 34.1 Å². The molecule has 6 heteroatoms. The van der Waals surface area contributed by atoms with E-state index in [9.17, 15) is 5.21 Å². The number of aryl methyl sites for hydroxylation is 1. The Labute approximate surface area is 165 Å². The molecule has 1 aliphatic rings. The molecule has 0 fully saturated rings. The fourth-order valence-corrected chi connectivity index (χ4v) is 3.94. The molecule has 0 aromatic heterocycles. The highest BCUT2D eigenvalue weighted by Gasteiger charge is 2.37. The molecule has 4 rings (SSSR count). The van der Waals surface area contributed by atoms with Gasteiger partial charge < -0.3 is 24.2 Å². The zero-order valence-corrected chi connectivity index (χ0v) is 16.3. The Balaban J connectivity index is 2.35. The van der Waals surface area contributed by atoms with Crippen molar-refractivity contribution in [1.29, 1.82) is 0 Å². The summed E-state index contributed by atoms with van der Waals surface area (Å²) in [6, 6.07) is 5.32. The third-order valence-electron chi connectivity index (χ3n) is 4.98. The van der Waals surface area contributed by atoms with Crippen molar-refractivity contribution < 1.29 is 26.9 Å². The van der Waals surface area contributed by atoms with E-state index < -0.39 is 0 Å². The van der Waals surface area contributed by atoms with E-state index in [0.29, 0.717) is 56.0 Å². The van der Waals surface area contributed by atoms with Crippen LogP contribution in [0.2, 0.25) is 0 Å². The normalized spacial score (nSPS) is 14.4. The molecule has 0 radical (unpaired) electrons. The van der Waals surface area contributed by atoms with Gasteiger partial charge in [-0.2, -0.15) is 0 Å². The molecular weight excluding hydrogens is 358 g/mol. The zero-order valence-electron chi connectivity index (χ0n) is 18.3. The van der Waals surface area contributed by atoms with Crippen molar-refractivity contribution in [3.63, 3.8) is 0 Å². The molecule has 3 aromatic carbocycles. The SMILES string of the molecule is [2H]c1cc([2H])c2c(OC)c3c(c(OC)c2c1OC)/C(=N\O)c1cc(C)cc(OC)c1-3. The monoisotopic (exact) mass is 381 g/mol. The second-order valence-corrected chi connectivity index (χ2v) is 6.37. The van der Waals surface area contributed by atoms with Crippen LogP contribution in [-0.4, -0.2) is 39.4 Å². The topological polar surface area (TPSA) is 69.5 Å². The van der Waals surface area contributed by atoms with Gasteiger partial charge in [-0.15, -0.1) is 0 Å². The van der Waals surface area contributed by atoms with Gasteiger partial charge in [-0.3, -0.25) is 0 Å². The van der Waals surface area contributed by atoms with E-state index in [1.807, 2.05) is 19.1 Å². The Hall–Kier alpha value is -3.41. The molecule has 3 aromatic rings. The highest BCUT2D eigenvalue weighted by molar-refractivity contribution is 6.30. The quantitative estimate of drug-likeness (QED) is 0.419. The lowest BCUT2D eigenvalue weighted by atomic mass is 9.96. The number of hydrogen-bond donors (Lipinski definition) is 1. The maximum atomic E-state index is 9.95. The van der Waals surface area contributed by atoms with Crippen LogP contribution in [0.4, 0.5) is 0 Å². The first-order chi connectivity index (χ1) is 14.4. The molecule has 1 N–H and O–H groups in total. The first-order valence-electron chi connectivity index (χ1n) is 9.61. The summed E-state index contributed by atoms with van der Waals surface area (Å²) in [6.07, 6.45) is 0. The van der Waals surface area contributed by atoms with E-state index in [1.165, 1.54) is 27.4 Å². The highest BCUT2D eigenvalue weighted by atomic mass is 16.5. The molecule has 0 aliphatic heterocycles. The van der Waals surface area contributed by atoms with Gasteiger partial charge >= 0.3 is 0 Å². The minimum absolute atomic E-state index is 0.0433. The van der Waals surface area contributed by atoms with Gasteiger partial charge in [0.15, 0.2) is 0 Å². The fraction of sp³-hybridized carbons (Fsp3) is 0.227. The number of ether oxygens (including phenoxy) is 4. The van der Waals surface area contributed by atoms with Crippen LogP contribution in [0.1, 0.15) is 19.4 Å². The minimum atomic E-state index is 0.0433. The molecule has 0 atom stereocenters. The number of hydrogen-bond acceptors (Lipinski definition) is 6. The number of benzene rings is 3. The average Bonchev–Trinajstić information content (AvgIpc) is 3.05. The summed E-state index contributed by atoms with van der Waals surface area (Å²) in [7, 11) is 6.02. The van der Waals surface area contributed by atoms with Crippen LogP contribution in [0.3, 0.4) is 0 Å². The second-order valence-electron chi connectivity index (χ2n) is 6.37. The van der Waals surface area contributed by atoms with E-state index in [0.717, 1.165) is 5.56 Å². The molecule has 6 nitrogen and oxygen atoms in total. The summed E-state index contributed by atoms with van der Waals surface area (Å²) in [4.78, 5) is 0. The van der Waals surface area contributed by atoms with Crippen LogP contribution in [0.5, 0.6) is 23.0 Å². The summed E-state index contributed by atoms with van der Waals surface area (Å²) in [5.74, 6) is 1.56. The third kappa shape index (κ3) is 2.24. The molecule has 0 heterocycles. The third-order valence-corrected chi connectivity index (χ3v) is 4.98. The second kappa shape index (κ2) is 6.64. The molecular formula is C22H21NO5. The summed E-state index contributed by atoms with van der Waals surface area (Å²) in [5, 5.41) is 14.4. The molecule has 0 spiro atoms. The fourth-order valence-electron chi connectivity index (χ4n) is 3.94. The van der Waals surface area contributed by atoms with Gasteiger partial charge in [-0.1, -0.05) is 17.3 Å². The average molecular weight is 381 g/mol. The van der Waals surface area contributed by atoms with E-state index in [1.54, 1.807) is 7.11 Å². The summed E-state index contributed by atoms with van der Waals surface area (Å²) < 4.78 is 39.5. The number of rotatable bonds is 4. The van der Waals surface area contributed by atoms with Crippen LogP contribution >= 0.6 is 0 Å². The van der Waals surface area contributed by atoms with Gasteiger partial charge in [0, 0.05) is 22.1 Å². The number of fused-ring (bicyclic) bond motifs is 4. The molecule has 0 bridgehead atoms. The maximum Gasteiger partial charge on any atom is 0.140 e. The van der Waals surface area contributed by atoms with Gasteiger partial charge in [-0.25, -0.2) is 0 Å². The van der Waals surface area contributed by atoms with Crippen LogP contribution in [-0.2, 0) is 0 Å². The summed E-state index contributed by atoms with van der Waals surface area (Å²) in [6.45, 7) is 1.92. The van der Waals surface area contributed by atoms with Crippen molar-refractivity contribution in [2.24, 2.45) is 5.16 Å². The molecule has 0 amide bonds. The van der Waals surface area contributed by atoms with Crippen molar-refractivity contribution in [1.82, 2.24) is 0 Å². The van der Waals surface area contributed by atoms with E-state index >= 15 is 0 Å². The van der Waals surface area contributed by atoms with Gasteiger partial charge in [-0.05, 0) is 30.7 Å². The van der Waals surface area contributed by atoms with Gasteiger partial charge in [0.1, 0.15) is 28.7 Å². The first-order valence-corrected chi connectivity index (χ1v) is 8.61. The lowest BCUT2D eigenvalue weighted by molar-refractivity contribution is 0.319. The van der Waals surface area contributed by atoms with Crippen LogP contribution < -0.4 is 18.9 Å². The van der Waals surface area contributed by atoms with Crippen molar-refractivity contribution in [2.45, 2.75) is 6.92 Å². The Morgan fingerprint density at radius 3 is 2.18 bits per heavy atom. The van der Waals surface area contributed by atoms with Crippen molar-refractivity contribution >= 4 is 16.5 Å². The predicted octanol–water partition coefficient (Wildman–Crippen LogP) is 4.39. The smallest absolute Gasteiger partial charge is 0.140 e. The Morgan fingerprint density at radius 2 is 1.57 bits per heavy atom. The van der Waals surface area contributed by atoms with E-state index in [2.05, 4.69) is 5.16 Å². The van der Waals surface area contributed by atoms with E-state index in [-0.39, 0.29) is 17.8 Å². The largest absolute Gasteiger partial charge is 0.496 e. The Bertz CT molecular complexity index is 1240. The highest BCUT2D eigenvalue weighted by Crippen LogP contribution is 2.55. The number of oxime groups is 1. The van der Waals surface area contributed by atoms with Crippen LogP contribution in [0.15, 0.2) is 35.4 Å². The molecule has 0 saturated heterocycles. The predicted molar refractivity (Wildman–Crippen MR) is 108 cm³/mol. The maximum absolute atomic E-state index is 9.95. The molecule has 0 unspecified atom stereocenters. The van der Waals surface area contributed by atoms with Gasteiger partial charge in [0.2, 0.25) is 0 Å². The standard InChI is InChI=1S/C22H21NO5/c1-11-9-13-16(15(10-11)26-3)18-19(20(13)23-24)22(28-5)17-12(21(18)27-4)7-6-8-14(17)25-2/h6-10,24H,1-5H3/b23-20-/i7D,8D. The number of nitrogens with zero attached hydrogens (tertiary/aromatic N) is 1. The summed E-state index contributed by atoms with van der Waals surface area (Å²) >= 11 is 0. The van der Waals surface area contributed by atoms with Gasteiger partial charge in [0.25, 0.3) is 0 Å². The molecule has 144 valence electrons. The van der Waals surface area contributed by atoms with E-state index in [4.69, 9.17) is 21.7 Å². The molecule has 1 aliphatic carbocycles. The molecule has 28 heavy (non-hydrogen) atoms. The van der Waals surface area contributed by atoms with Crippen molar-refractivity contribution in [3.05, 3.63) is 47.0 Å². The minimum Gasteiger partial charge on any atom is -0.496 e. The Morgan fingerprint density at radius 1 is 0.857 bits per heavy atom. The van der Waals surface area contributed by atoms with Crippen LogP contribution in [0.25, 0.3) is 21.9 Å². The Kier molecular flexibility index (Phi) is 3.70.